The van der Waals surface area contributed by atoms with E-state index in [0.717, 1.165) is 13.1 Å². The fourth-order valence-electron chi connectivity index (χ4n) is 3.96. The molecule has 1 N–H and O–H groups in total. The van der Waals surface area contributed by atoms with E-state index in [-0.39, 0.29) is 23.4 Å². The van der Waals surface area contributed by atoms with Crippen molar-refractivity contribution < 1.29 is 23.8 Å². The van der Waals surface area contributed by atoms with E-state index in [2.05, 4.69) is 4.90 Å². The Labute approximate surface area is 174 Å². The molecule has 1 unspecified atom stereocenters. The van der Waals surface area contributed by atoms with Crippen LogP contribution in [0, 0.1) is 5.82 Å². The van der Waals surface area contributed by atoms with Gasteiger partial charge in [-0.3, -0.25) is 14.5 Å². The smallest absolute Gasteiger partial charge is 0.295 e. The molecule has 0 bridgehead atoms. The molecule has 2 fully saturated rings. The lowest BCUT2D eigenvalue weighted by molar-refractivity contribution is -0.140. The predicted octanol–water partition coefficient (Wildman–Crippen LogP) is 2.58. The molecule has 156 valence electrons. The van der Waals surface area contributed by atoms with Crippen LogP contribution in [0.2, 0.25) is 0 Å². The number of ether oxygens (including phenoxy) is 1. The standard InChI is InChI=1S/C23H23FN2O4/c24-18-9-5-4-8-17(18)20-19(21(27)16-6-2-1-3-7-16)22(28)23(29)26(20)11-10-25-12-14-30-15-13-25/h1-9,20,27H,10-15H2/b21-19+. The number of hydrogen-bond donors (Lipinski definition) is 1. The normalized spacial score (nSPS) is 21.9. The number of hydrogen-bond acceptors (Lipinski definition) is 5. The summed E-state index contributed by atoms with van der Waals surface area (Å²) < 4.78 is 20.1. The van der Waals surface area contributed by atoms with Crippen molar-refractivity contribution in [3.05, 3.63) is 77.1 Å². The highest BCUT2D eigenvalue weighted by molar-refractivity contribution is 6.46. The maximum atomic E-state index is 14.7. The Morgan fingerprint density at radius 1 is 1.00 bits per heavy atom. The van der Waals surface area contributed by atoms with Crippen molar-refractivity contribution in [3.63, 3.8) is 0 Å². The molecule has 30 heavy (non-hydrogen) atoms. The van der Waals surface area contributed by atoms with E-state index < -0.39 is 23.5 Å². The summed E-state index contributed by atoms with van der Waals surface area (Å²) in [5.74, 6) is -2.35. The molecular weight excluding hydrogens is 387 g/mol. The van der Waals surface area contributed by atoms with E-state index in [1.807, 2.05) is 0 Å². The number of carbonyl (C=O) groups is 2. The fraction of sp³-hybridized carbons (Fsp3) is 0.304. The van der Waals surface area contributed by atoms with E-state index in [4.69, 9.17) is 4.74 Å². The molecule has 1 atom stereocenters. The van der Waals surface area contributed by atoms with Gasteiger partial charge in [-0.2, -0.15) is 0 Å². The van der Waals surface area contributed by atoms with Crippen LogP contribution in [0.3, 0.4) is 0 Å². The number of likely N-dealkylation sites (tertiary alicyclic amines) is 1. The number of rotatable bonds is 5. The molecule has 0 aromatic heterocycles. The van der Waals surface area contributed by atoms with E-state index >= 15 is 0 Å². The molecule has 0 saturated carbocycles. The largest absolute Gasteiger partial charge is 0.507 e. The number of benzene rings is 2. The average Bonchev–Trinajstić information content (AvgIpc) is 3.03. The van der Waals surface area contributed by atoms with Gasteiger partial charge in [-0.1, -0.05) is 48.5 Å². The Hall–Kier alpha value is -3.03. The summed E-state index contributed by atoms with van der Waals surface area (Å²) >= 11 is 0. The first-order chi connectivity index (χ1) is 14.6. The highest BCUT2D eigenvalue weighted by atomic mass is 19.1. The summed E-state index contributed by atoms with van der Waals surface area (Å²) in [5.41, 5.74) is 0.513. The van der Waals surface area contributed by atoms with Gasteiger partial charge in [-0.25, -0.2) is 4.39 Å². The Kier molecular flexibility index (Phi) is 5.92. The predicted molar refractivity (Wildman–Crippen MR) is 109 cm³/mol. The number of aliphatic hydroxyl groups is 1. The molecule has 4 rings (SSSR count). The van der Waals surface area contributed by atoms with Crippen LogP contribution in [0.15, 0.2) is 60.2 Å². The van der Waals surface area contributed by atoms with Gasteiger partial charge in [0, 0.05) is 37.3 Å². The SMILES string of the molecule is O=C1C(=O)N(CCN2CCOCC2)C(c2ccccc2F)/C1=C(\O)c1ccccc1. The van der Waals surface area contributed by atoms with Crippen molar-refractivity contribution in [1.82, 2.24) is 9.80 Å². The van der Waals surface area contributed by atoms with Crippen LogP contribution < -0.4 is 0 Å². The van der Waals surface area contributed by atoms with Crippen LogP contribution in [0.25, 0.3) is 5.76 Å². The second-order valence-electron chi connectivity index (χ2n) is 7.33. The Morgan fingerprint density at radius 2 is 1.67 bits per heavy atom. The molecule has 2 aromatic rings. The third kappa shape index (κ3) is 3.86. The zero-order chi connectivity index (χ0) is 21.1. The summed E-state index contributed by atoms with van der Waals surface area (Å²) in [7, 11) is 0. The topological polar surface area (TPSA) is 70.1 Å². The van der Waals surface area contributed by atoms with E-state index in [0.29, 0.717) is 25.3 Å². The molecule has 7 heteroatoms. The Bertz CT molecular complexity index is 970. The molecule has 2 aliphatic heterocycles. The lowest BCUT2D eigenvalue weighted by Gasteiger charge is -2.31. The minimum atomic E-state index is -0.979. The van der Waals surface area contributed by atoms with Gasteiger partial charge in [-0.05, 0) is 6.07 Å². The third-order valence-electron chi connectivity index (χ3n) is 5.55. The Balaban J connectivity index is 1.74. The number of nitrogens with zero attached hydrogens (tertiary/aromatic N) is 2. The van der Waals surface area contributed by atoms with Crippen molar-refractivity contribution in [2.45, 2.75) is 6.04 Å². The third-order valence-corrected chi connectivity index (χ3v) is 5.55. The van der Waals surface area contributed by atoms with Crippen molar-refractivity contribution in [2.75, 3.05) is 39.4 Å². The van der Waals surface area contributed by atoms with Gasteiger partial charge in [-0.15, -0.1) is 0 Å². The minimum Gasteiger partial charge on any atom is -0.507 e. The van der Waals surface area contributed by atoms with Gasteiger partial charge in [0.25, 0.3) is 11.7 Å². The molecule has 2 aliphatic rings. The maximum absolute atomic E-state index is 14.7. The lowest BCUT2D eigenvalue weighted by atomic mass is 9.95. The average molecular weight is 410 g/mol. The van der Waals surface area contributed by atoms with Crippen LogP contribution >= 0.6 is 0 Å². The van der Waals surface area contributed by atoms with Gasteiger partial charge in [0.1, 0.15) is 11.6 Å². The molecule has 0 radical (unpaired) electrons. The van der Waals surface area contributed by atoms with E-state index in [1.54, 1.807) is 48.5 Å². The molecule has 0 aliphatic carbocycles. The molecule has 2 saturated heterocycles. The van der Waals surface area contributed by atoms with E-state index in [1.165, 1.54) is 11.0 Å². The molecule has 2 aromatic carbocycles. The number of morpholine rings is 1. The molecule has 0 spiro atoms. The van der Waals surface area contributed by atoms with Gasteiger partial charge < -0.3 is 14.7 Å². The first-order valence-corrected chi connectivity index (χ1v) is 9.96. The van der Waals surface area contributed by atoms with E-state index in [9.17, 15) is 19.1 Å². The highest BCUT2D eigenvalue weighted by Gasteiger charge is 2.46. The minimum absolute atomic E-state index is 0.0849. The number of amides is 1. The van der Waals surface area contributed by atoms with Crippen LogP contribution in [-0.2, 0) is 14.3 Å². The zero-order valence-electron chi connectivity index (χ0n) is 16.5. The van der Waals surface area contributed by atoms with Crippen molar-refractivity contribution in [2.24, 2.45) is 0 Å². The number of ketones is 1. The van der Waals surface area contributed by atoms with Crippen molar-refractivity contribution >= 4 is 17.4 Å². The summed E-state index contributed by atoms with van der Waals surface area (Å²) in [6, 6.07) is 13.6. The second kappa shape index (κ2) is 8.77. The quantitative estimate of drug-likeness (QED) is 0.466. The number of aliphatic hydroxyl groups excluding tert-OH is 1. The first-order valence-electron chi connectivity index (χ1n) is 9.96. The van der Waals surface area contributed by atoms with Crippen molar-refractivity contribution in [1.29, 1.82) is 0 Å². The number of halogens is 1. The lowest BCUT2D eigenvalue weighted by Crippen LogP contribution is -2.42. The molecule has 1 amide bonds. The monoisotopic (exact) mass is 410 g/mol. The van der Waals surface area contributed by atoms with Gasteiger partial charge in [0.15, 0.2) is 0 Å². The number of carbonyl (C=O) groups excluding carboxylic acids is 2. The van der Waals surface area contributed by atoms with Crippen molar-refractivity contribution in [3.8, 4) is 0 Å². The van der Waals surface area contributed by atoms with Crippen LogP contribution in [0.5, 0.6) is 0 Å². The molecule has 6 nitrogen and oxygen atoms in total. The summed E-state index contributed by atoms with van der Waals surface area (Å²) in [5, 5.41) is 10.9. The first kappa shape index (κ1) is 20.3. The summed E-state index contributed by atoms with van der Waals surface area (Å²) in [6.45, 7) is 3.48. The number of Topliss-reactive ketones (excluding diaryl/α,β-unsaturated/α-hetero) is 1. The highest BCUT2D eigenvalue weighted by Crippen LogP contribution is 2.40. The van der Waals surface area contributed by atoms with Gasteiger partial charge in [0.2, 0.25) is 0 Å². The molecule has 2 heterocycles. The summed E-state index contributed by atoms with van der Waals surface area (Å²) in [4.78, 5) is 29.3. The van der Waals surface area contributed by atoms with Crippen LogP contribution in [0.1, 0.15) is 17.2 Å². The fourth-order valence-corrected chi connectivity index (χ4v) is 3.96. The zero-order valence-corrected chi connectivity index (χ0v) is 16.5. The summed E-state index contributed by atoms with van der Waals surface area (Å²) in [6.07, 6.45) is 0. The second-order valence-corrected chi connectivity index (χ2v) is 7.33. The molecular formula is C23H23FN2O4. The Morgan fingerprint density at radius 3 is 2.37 bits per heavy atom. The van der Waals surface area contributed by atoms with Crippen LogP contribution in [-0.4, -0.2) is 66.0 Å². The maximum Gasteiger partial charge on any atom is 0.295 e. The van der Waals surface area contributed by atoms with Gasteiger partial charge in [0.05, 0.1) is 24.8 Å². The van der Waals surface area contributed by atoms with Gasteiger partial charge >= 0.3 is 0 Å². The van der Waals surface area contributed by atoms with Crippen LogP contribution in [0.4, 0.5) is 4.39 Å².